The van der Waals surface area contributed by atoms with Crippen LogP contribution in [-0.4, -0.2) is 47.6 Å². The smallest absolute Gasteiger partial charge is 0.337 e. The summed E-state index contributed by atoms with van der Waals surface area (Å²) >= 11 is 3.62. The van der Waals surface area contributed by atoms with Crippen LogP contribution in [0, 0.1) is 5.92 Å². The van der Waals surface area contributed by atoms with Gasteiger partial charge in [0.1, 0.15) is 6.10 Å². The molecule has 2 heterocycles. The lowest BCUT2D eigenvalue weighted by Gasteiger charge is -2.37. The Labute approximate surface area is 165 Å². The molecule has 0 saturated heterocycles. The monoisotopic (exact) mass is 433 g/mol. The van der Waals surface area contributed by atoms with Gasteiger partial charge in [-0.05, 0) is 37.0 Å². The summed E-state index contributed by atoms with van der Waals surface area (Å²) in [4.78, 5) is 39.5. The van der Waals surface area contributed by atoms with Crippen molar-refractivity contribution in [3.8, 4) is 0 Å². The number of halogens is 1. The molecule has 1 aliphatic carbocycles. The number of esters is 1. The third-order valence-corrected chi connectivity index (χ3v) is 6.49. The molecule has 0 bridgehead atoms. The number of amides is 1. The van der Waals surface area contributed by atoms with E-state index in [0.717, 1.165) is 18.4 Å². The van der Waals surface area contributed by atoms with E-state index in [1.54, 1.807) is 36.2 Å². The lowest BCUT2D eigenvalue weighted by molar-refractivity contribution is -0.134. The number of hydrogen-bond acceptors (Lipinski definition) is 5. The first kappa shape index (κ1) is 18.2. The topological polar surface area (TPSA) is 72.9 Å². The molecule has 142 valence electrons. The van der Waals surface area contributed by atoms with Crippen molar-refractivity contribution in [3.05, 3.63) is 46.7 Å². The van der Waals surface area contributed by atoms with Gasteiger partial charge in [0.25, 0.3) is 5.91 Å². The van der Waals surface area contributed by atoms with Gasteiger partial charge in [0.05, 0.1) is 30.2 Å². The van der Waals surface area contributed by atoms with Crippen LogP contribution in [0.25, 0.3) is 0 Å². The van der Waals surface area contributed by atoms with Crippen LogP contribution >= 0.6 is 15.9 Å². The van der Waals surface area contributed by atoms with Gasteiger partial charge < -0.3 is 14.4 Å². The average molecular weight is 434 g/mol. The lowest BCUT2D eigenvalue weighted by Crippen LogP contribution is -2.41. The molecular formula is C20H20BrNO5. The molecule has 1 saturated carbocycles. The average Bonchev–Trinajstić information content (AvgIpc) is 2.93. The van der Waals surface area contributed by atoms with Crippen molar-refractivity contribution in [2.24, 2.45) is 5.92 Å². The van der Waals surface area contributed by atoms with Gasteiger partial charge in [0.2, 0.25) is 0 Å². The van der Waals surface area contributed by atoms with Gasteiger partial charge in [-0.3, -0.25) is 9.59 Å². The number of nitrogens with zero attached hydrogens (tertiary/aromatic N) is 1. The second-order valence-electron chi connectivity index (χ2n) is 7.21. The molecule has 1 amide bonds. The summed E-state index contributed by atoms with van der Waals surface area (Å²) in [7, 11) is 3.00. The maximum absolute atomic E-state index is 13.3. The molecule has 7 heteroatoms. The van der Waals surface area contributed by atoms with Gasteiger partial charge in [0.15, 0.2) is 11.5 Å². The van der Waals surface area contributed by atoms with Crippen molar-refractivity contribution in [1.29, 1.82) is 0 Å². The third kappa shape index (κ3) is 2.88. The van der Waals surface area contributed by atoms with Crippen molar-refractivity contribution in [3.63, 3.8) is 0 Å². The summed E-state index contributed by atoms with van der Waals surface area (Å²) in [6.07, 6.45) is 2.19. The molecule has 6 nitrogen and oxygen atoms in total. The van der Waals surface area contributed by atoms with Crippen LogP contribution in [0.3, 0.4) is 0 Å². The maximum atomic E-state index is 13.3. The first-order chi connectivity index (χ1) is 12.9. The number of hydrogen-bond donors (Lipinski definition) is 0. The highest BCUT2D eigenvalue weighted by molar-refractivity contribution is 9.09. The summed E-state index contributed by atoms with van der Waals surface area (Å²) in [5.74, 6) is -0.718. The predicted octanol–water partition coefficient (Wildman–Crippen LogP) is 2.77. The largest absolute Gasteiger partial charge is 0.483 e. The highest BCUT2D eigenvalue weighted by atomic mass is 79.9. The standard InChI is InChI=1S/C20H20BrNO5/c1-22-16(10-3-5-11(6-4-10)20(25)26-2)15-17(23)13-9-12(21)7-8-14(13)27-18(15)19(22)24/h3-6,12-14,16H,7-9H2,1-2H3. The molecule has 3 aliphatic rings. The van der Waals surface area contributed by atoms with Crippen molar-refractivity contribution >= 4 is 33.6 Å². The van der Waals surface area contributed by atoms with Crippen LogP contribution in [0.15, 0.2) is 35.6 Å². The number of benzene rings is 1. The highest BCUT2D eigenvalue weighted by Crippen LogP contribution is 2.46. The van der Waals surface area contributed by atoms with Gasteiger partial charge >= 0.3 is 5.97 Å². The summed E-state index contributed by atoms with van der Waals surface area (Å²) in [6, 6.07) is 6.30. The molecule has 4 atom stereocenters. The Morgan fingerprint density at radius 1 is 1.22 bits per heavy atom. The molecule has 1 aromatic rings. The minimum Gasteiger partial charge on any atom is -0.483 e. The Balaban J connectivity index is 1.71. The Morgan fingerprint density at radius 2 is 1.93 bits per heavy atom. The van der Waals surface area contributed by atoms with Gasteiger partial charge in [-0.15, -0.1) is 0 Å². The first-order valence-corrected chi connectivity index (χ1v) is 9.88. The third-order valence-electron chi connectivity index (χ3n) is 5.66. The van der Waals surface area contributed by atoms with Gasteiger partial charge in [-0.1, -0.05) is 28.1 Å². The number of alkyl halides is 1. The predicted molar refractivity (Wildman–Crippen MR) is 100 cm³/mol. The van der Waals surface area contributed by atoms with Crippen LogP contribution in [0.5, 0.6) is 0 Å². The molecule has 0 radical (unpaired) electrons. The molecule has 1 aromatic carbocycles. The SMILES string of the molecule is COC(=O)c1ccc(C2C3=C(OC4CCC(Br)CC4C3=O)C(=O)N2C)cc1. The van der Waals surface area contributed by atoms with Crippen molar-refractivity contribution in [1.82, 2.24) is 4.90 Å². The fourth-order valence-corrected chi connectivity index (χ4v) is 4.91. The Bertz CT molecular complexity index is 846. The molecule has 0 N–H and O–H groups in total. The van der Waals surface area contributed by atoms with Crippen LogP contribution in [0.2, 0.25) is 0 Å². The van der Waals surface area contributed by atoms with E-state index in [1.807, 2.05) is 0 Å². The molecule has 0 spiro atoms. The number of ether oxygens (including phenoxy) is 2. The number of rotatable bonds is 2. The summed E-state index contributed by atoms with van der Waals surface area (Å²) < 4.78 is 10.7. The zero-order chi connectivity index (χ0) is 19.3. The lowest BCUT2D eigenvalue weighted by atomic mass is 9.77. The first-order valence-electron chi connectivity index (χ1n) is 8.97. The second kappa shape index (κ2) is 6.78. The minimum absolute atomic E-state index is 0.00476. The van der Waals surface area contributed by atoms with Crippen molar-refractivity contribution < 1.29 is 23.9 Å². The van der Waals surface area contributed by atoms with E-state index in [9.17, 15) is 14.4 Å². The number of Topliss-reactive ketones (excluding diaryl/α,β-unsaturated/α-hetero) is 1. The molecule has 4 rings (SSSR count). The second-order valence-corrected chi connectivity index (χ2v) is 8.51. The van der Waals surface area contributed by atoms with E-state index in [1.165, 1.54) is 7.11 Å². The Kier molecular flexibility index (Phi) is 4.58. The zero-order valence-electron chi connectivity index (χ0n) is 15.1. The van der Waals surface area contributed by atoms with Crippen LogP contribution in [0.1, 0.15) is 41.2 Å². The zero-order valence-corrected chi connectivity index (χ0v) is 16.7. The number of methoxy groups -OCH3 is 1. The van der Waals surface area contributed by atoms with Crippen molar-refractivity contribution in [2.75, 3.05) is 14.2 Å². The van der Waals surface area contributed by atoms with E-state index in [-0.39, 0.29) is 29.5 Å². The highest BCUT2D eigenvalue weighted by Gasteiger charge is 2.51. The molecule has 27 heavy (non-hydrogen) atoms. The van der Waals surface area contributed by atoms with E-state index in [4.69, 9.17) is 9.47 Å². The number of fused-ring (bicyclic) bond motifs is 1. The molecule has 0 aromatic heterocycles. The van der Waals surface area contributed by atoms with E-state index < -0.39 is 12.0 Å². The minimum atomic E-state index is -0.497. The number of carbonyl (C=O) groups excluding carboxylic acids is 3. The van der Waals surface area contributed by atoms with Gasteiger partial charge in [-0.25, -0.2) is 4.79 Å². The number of ketones is 1. The van der Waals surface area contributed by atoms with Crippen molar-refractivity contribution in [2.45, 2.75) is 36.2 Å². The van der Waals surface area contributed by atoms with Crippen LogP contribution in [-0.2, 0) is 19.1 Å². The van der Waals surface area contributed by atoms with E-state index in [2.05, 4.69) is 15.9 Å². The fraction of sp³-hybridized carbons (Fsp3) is 0.450. The number of likely N-dealkylation sites (N-methyl/N-ethyl adjacent to an activating group) is 1. The quantitative estimate of drug-likeness (QED) is 0.529. The summed E-state index contributed by atoms with van der Waals surface area (Å²) in [6.45, 7) is 0. The molecule has 2 aliphatic heterocycles. The summed E-state index contributed by atoms with van der Waals surface area (Å²) in [5, 5.41) is 0. The number of carbonyl (C=O) groups is 3. The molecule has 4 unspecified atom stereocenters. The van der Waals surface area contributed by atoms with Crippen LogP contribution in [0.4, 0.5) is 0 Å². The Morgan fingerprint density at radius 3 is 2.59 bits per heavy atom. The fourth-order valence-electron chi connectivity index (χ4n) is 4.24. The van der Waals surface area contributed by atoms with E-state index >= 15 is 0 Å². The molecular weight excluding hydrogens is 414 g/mol. The molecule has 1 fully saturated rings. The Hall–Kier alpha value is -2.15. The van der Waals surface area contributed by atoms with E-state index in [0.29, 0.717) is 22.4 Å². The maximum Gasteiger partial charge on any atom is 0.337 e. The summed E-state index contributed by atoms with van der Waals surface area (Å²) in [5.41, 5.74) is 1.63. The van der Waals surface area contributed by atoms with Gasteiger partial charge in [-0.2, -0.15) is 0 Å². The van der Waals surface area contributed by atoms with Gasteiger partial charge in [0, 0.05) is 11.9 Å². The van der Waals surface area contributed by atoms with Crippen LogP contribution < -0.4 is 0 Å². The normalized spacial score (nSPS) is 30.0.